The number of piperidine rings is 1. The smallest absolute Gasteiger partial charge is 0.222 e. The van der Waals surface area contributed by atoms with Crippen LogP contribution in [0.3, 0.4) is 0 Å². The molecule has 4 nitrogen and oxygen atoms in total. The number of unbranched alkanes of at least 4 members (excludes halogenated alkanes) is 1. The highest BCUT2D eigenvalue weighted by Crippen LogP contribution is 2.34. The molecule has 1 aliphatic heterocycles. The fourth-order valence-electron chi connectivity index (χ4n) is 3.40. The highest BCUT2D eigenvalue weighted by atomic mass is 19.1. The molecule has 0 saturated carbocycles. The van der Waals surface area contributed by atoms with Crippen molar-refractivity contribution in [2.75, 3.05) is 13.1 Å². The van der Waals surface area contributed by atoms with E-state index < -0.39 is 0 Å². The van der Waals surface area contributed by atoms with Gasteiger partial charge in [0.2, 0.25) is 5.91 Å². The summed E-state index contributed by atoms with van der Waals surface area (Å²) in [6.45, 7) is 3.68. The van der Waals surface area contributed by atoms with E-state index in [2.05, 4.69) is 17.1 Å². The van der Waals surface area contributed by atoms with Gasteiger partial charge in [0.15, 0.2) is 0 Å². The Morgan fingerprint density at radius 3 is 2.88 bits per heavy atom. The Morgan fingerprint density at radius 2 is 2.17 bits per heavy atom. The lowest BCUT2D eigenvalue weighted by Gasteiger charge is -2.32. The number of hydrogen-bond acceptors (Lipinski definition) is 2. The van der Waals surface area contributed by atoms with Gasteiger partial charge in [0, 0.05) is 36.7 Å². The molecule has 1 aliphatic rings. The van der Waals surface area contributed by atoms with E-state index in [1.807, 2.05) is 11.0 Å². The first kappa shape index (κ1) is 16.7. The van der Waals surface area contributed by atoms with Crippen molar-refractivity contribution < 1.29 is 9.18 Å². The Bertz CT molecular complexity index is 689. The number of aromatic nitrogens is 2. The summed E-state index contributed by atoms with van der Waals surface area (Å²) in [6, 6.07) is 6.61. The van der Waals surface area contributed by atoms with Crippen LogP contribution in [0.2, 0.25) is 0 Å². The fourth-order valence-corrected chi connectivity index (χ4v) is 3.40. The number of nitrogens with zero attached hydrogens (tertiary/aromatic N) is 2. The Hall–Kier alpha value is -2.17. The minimum atomic E-state index is -0.240. The average molecular weight is 329 g/mol. The summed E-state index contributed by atoms with van der Waals surface area (Å²) in [4.78, 5) is 14.1. The molecule has 128 valence electrons. The number of benzene rings is 1. The highest BCUT2D eigenvalue weighted by molar-refractivity contribution is 5.76. The van der Waals surface area contributed by atoms with Crippen LogP contribution in [0.4, 0.5) is 4.39 Å². The summed E-state index contributed by atoms with van der Waals surface area (Å²) < 4.78 is 13.5. The van der Waals surface area contributed by atoms with Crippen molar-refractivity contribution in [2.45, 2.75) is 44.9 Å². The molecule has 1 fully saturated rings. The van der Waals surface area contributed by atoms with Crippen LogP contribution < -0.4 is 0 Å². The summed E-state index contributed by atoms with van der Waals surface area (Å²) in [5.74, 6) is 0.363. The number of hydrogen-bond donors (Lipinski definition) is 1. The number of halogens is 1. The van der Waals surface area contributed by atoms with Crippen LogP contribution in [0.1, 0.15) is 50.6 Å². The number of H-pyrrole nitrogens is 1. The lowest BCUT2D eigenvalue weighted by atomic mass is 9.89. The van der Waals surface area contributed by atoms with Crippen molar-refractivity contribution in [3.8, 4) is 11.1 Å². The van der Waals surface area contributed by atoms with Crippen molar-refractivity contribution >= 4 is 5.91 Å². The Kier molecular flexibility index (Phi) is 5.28. The second kappa shape index (κ2) is 7.60. The zero-order valence-corrected chi connectivity index (χ0v) is 14.1. The second-order valence-corrected chi connectivity index (χ2v) is 6.47. The van der Waals surface area contributed by atoms with Gasteiger partial charge >= 0.3 is 0 Å². The Morgan fingerprint density at radius 1 is 1.38 bits per heavy atom. The highest BCUT2D eigenvalue weighted by Gasteiger charge is 2.26. The van der Waals surface area contributed by atoms with Crippen molar-refractivity contribution in [3.05, 3.63) is 42.0 Å². The molecule has 0 unspecified atom stereocenters. The van der Waals surface area contributed by atoms with Crippen LogP contribution in [0.25, 0.3) is 11.1 Å². The van der Waals surface area contributed by atoms with Gasteiger partial charge in [-0.2, -0.15) is 5.10 Å². The number of likely N-dealkylation sites (tertiary alicyclic amines) is 1. The molecule has 24 heavy (non-hydrogen) atoms. The molecular weight excluding hydrogens is 305 g/mol. The predicted molar refractivity (Wildman–Crippen MR) is 92.1 cm³/mol. The van der Waals surface area contributed by atoms with Gasteiger partial charge in [0.1, 0.15) is 5.82 Å². The van der Waals surface area contributed by atoms with Crippen LogP contribution in [0.15, 0.2) is 30.5 Å². The third kappa shape index (κ3) is 3.66. The Balaban J connectivity index is 1.68. The van der Waals surface area contributed by atoms with E-state index >= 15 is 0 Å². The molecule has 0 aliphatic carbocycles. The summed E-state index contributed by atoms with van der Waals surface area (Å²) in [5, 5.41) is 7.27. The molecule has 0 atom stereocenters. The number of nitrogens with one attached hydrogen (secondary N) is 1. The number of carbonyl (C=O) groups is 1. The van der Waals surface area contributed by atoms with Gasteiger partial charge < -0.3 is 4.90 Å². The normalized spacial score (nSPS) is 15.7. The van der Waals surface area contributed by atoms with Crippen LogP contribution >= 0.6 is 0 Å². The minimum absolute atomic E-state index is 0.240. The average Bonchev–Trinajstić information content (AvgIpc) is 3.09. The summed E-state index contributed by atoms with van der Waals surface area (Å²) in [7, 11) is 0. The van der Waals surface area contributed by atoms with Gasteiger partial charge in [-0.3, -0.25) is 9.89 Å². The molecule has 0 radical (unpaired) electrons. The number of aromatic amines is 1. The lowest BCUT2D eigenvalue weighted by Crippen LogP contribution is -2.37. The summed E-state index contributed by atoms with van der Waals surface area (Å²) in [6.07, 6.45) is 6.27. The van der Waals surface area contributed by atoms with E-state index in [-0.39, 0.29) is 11.7 Å². The first-order valence-electron chi connectivity index (χ1n) is 8.76. The molecule has 0 bridgehead atoms. The predicted octanol–water partition coefficient (Wildman–Crippen LogP) is 4.11. The molecule has 3 rings (SSSR count). The van der Waals surface area contributed by atoms with Crippen LogP contribution in [-0.2, 0) is 4.79 Å². The SMILES string of the molecule is CCCCC(=O)N1CCC(c2[nH]ncc2-c2cccc(F)c2)CC1. The molecule has 1 amide bonds. The number of rotatable bonds is 5. The third-order valence-corrected chi connectivity index (χ3v) is 4.80. The van der Waals surface area contributed by atoms with Gasteiger partial charge in [-0.05, 0) is 37.0 Å². The third-order valence-electron chi connectivity index (χ3n) is 4.80. The van der Waals surface area contributed by atoms with Crippen molar-refractivity contribution in [3.63, 3.8) is 0 Å². The van der Waals surface area contributed by atoms with Crippen LogP contribution in [-0.4, -0.2) is 34.1 Å². The van der Waals surface area contributed by atoms with E-state index in [1.54, 1.807) is 12.3 Å². The largest absolute Gasteiger partial charge is 0.343 e. The zero-order valence-electron chi connectivity index (χ0n) is 14.1. The molecule has 1 aromatic heterocycles. The van der Waals surface area contributed by atoms with E-state index in [4.69, 9.17) is 0 Å². The topological polar surface area (TPSA) is 49.0 Å². The van der Waals surface area contributed by atoms with E-state index in [0.717, 1.165) is 55.6 Å². The lowest BCUT2D eigenvalue weighted by molar-refractivity contribution is -0.132. The van der Waals surface area contributed by atoms with Crippen molar-refractivity contribution in [2.24, 2.45) is 0 Å². The fraction of sp³-hybridized carbons (Fsp3) is 0.474. The van der Waals surface area contributed by atoms with Gasteiger partial charge in [-0.15, -0.1) is 0 Å². The van der Waals surface area contributed by atoms with Crippen molar-refractivity contribution in [1.82, 2.24) is 15.1 Å². The van der Waals surface area contributed by atoms with E-state index in [1.165, 1.54) is 12.1 Å². The first-order chi connectivity index (χ1) is 11.7. The van der Waals surface area contributed by atoms with Crippen LogP contribution in [0, 0.1) is 5.82 Å². The molecule has 2 aromatic rings. The quantitative estimate of drug-likeness (QED) is 0.897. The standard InChI is InChI=1S/C19H24FN3O/c1-2-3-7-18(24)23-10-8-14(9-11-23)19-17(13-21-22-19)15-5-4-6-16(20)12-15/h4-6,12-14H,2-3,7-11H2,1H3,(H,21,22). The second-order valence-electron chi connectivity index (χ2n) is 6.47. The van der Waals surface area contributed by atoms with E-state index in [0.29, 0.717) is 12.3 Å². The first-order valence-corrected chi connectivity index (χ1v) is 8.76. The summed E-state index contributed by atoms with van der Waals surface area (Å²) in [5.41, 5.74) is 2.87. The molecule has 2 heterocycles. The maximum atomic E-state index is 13.5. The molecule has 1 aromatic carbocycles. The minimum Gasteiger partial charge on any atom is -0.343 e. The number of amides is 1. The van der Waals surface area contributed by atoms with E-state index in [9.17, 15) is 9.18 Å². The molecule has 5 heteroatoms. The number of carbonyl (C=O) groups excluding carboxylic acids is 1. The molecule has 1 N–H and O–H groups in total. The van der Waals surface area contributed by atoms with Gasteiger partial charge in [0.05, 0.1) is 6.20 Å². The monoisotopic (exact) mass is 329 g/mol. The van der Waals surface area contributed by atoms with Crippen molar-refractivity contribution in [1.29, 1.82) is 0 Å². The molecular formula is C19H24FN3O. The van der Waals surface area contributed by atoms with Gasteiger partial charge in [0.25, 0.3) is 0 Å². The summed E-state index contributed by atoms with van der Waals surface area (Å²) >= 11 is 0. The van der Waals surface area contributed by atoms with Gasteiger partial charge in [-0.25, -0.2) is 4.39 Å². The zero-order chi connectivity index (χ0) is 16.9. The van der Waals surface area contributed by atoms with Gasteiger partial charge in [-0.1, -0.05) is 25.5 Å². The molecule has 0 spiro atoms. The molecule has 1 saturated heterocycles. The Labute approximate surface area is 142 Å². The maximum absolute atomic E-state index is 13.5. The van der Waals surface area contributed by atoms with Crippen LogP contribution in [0.5, 0.6) is 0 Å². The maximum Gasteiger partial charge on any atom is 0.222 e.